The molecule has 3 nitrogen and oxygen atoms in total. The van der Waals surface area contributed by atoms with Crippen molar-refractivity contribution in [2.45, 2.75) is 32.4 Å². The van der Waals surface area contributed by atoms with Gasteiger partial charge in [0.25, 0.3) is 0 Å². The molecule has 3 heteroatoms. The molecule has 0 aliphatic carbocycles. The zero-order valence-electron chi connectivity index (χ0n) is 7.76. The van der Waals surface area contributed by atoms with Gasteiger partial charge in [-0.2, -0.15) is 0 Å². The first-order chi connectivity index (χ1) is 5.20. The lowest BCUT2D eigenvalue weighted by Gasteiger charge is -2.17. The first kappa shape index (κ1) is 10.9. The fourth-order valence-electron chi connectivity index (χ4n) is 0.932. The SMILES string of the molecule is COCCC(C)NC(C)CN. The zero-order valence-corrected chi connectivity index (χ0v) is 7.76. The first-order valence-corrected chi connectivity index (χ1v) is 4.15. The maximum Gasteiger partial charge on any atom is 0.0476 e. The fraction of sp³-hybridized carbons (Fsp3) is 1.00. The van der Waals surface area contributed by atoms with E-state index in [4.69, 9.17) is 10.5 Å². The Morgan fingerprint density at radius 1 is 1.36 bits per heavy atom. The van der Waals surface area contributed by atoms with E-state index >= 15 is 0 Å². The van der Waals surface area contributed by atoms with Crippen molar-refractivity contribution in [2.75, 3.05) is 20.3 Å². The van der Waals surface area contributed by atoms with Crippen LogP contribution in [0.15, 0.2) is 0 Å². The smallest absolute Gasteiger partial charge is 0.0476 e. The summed E-state index contributed by atoms with van der Waals surface area (Å²) < 4.78 is 4.96. The molecule has 11 heavy (non-hydrogen) atoms. The molecular formula is C8H20N2O. The maximum atomic E-state index is 5.46. The summed E-state index contributed by atoms with van der Waals surface area (Å²) >= 11 is 0. The first-order valence-electron chi connectivity index (χ1n) is 4.15. The molecule has 0 radical (unpaired) electrons. The predicted octanol–water partition coefficient (Wildman–Crippen LogP) is 0.348. The molecule has 2 atom stereocenters. The molecule has 0 bridgehead atoms. The van der Waals surface area contributed by atoms with Crippen molar-refractivity contribution in [3.63, 3.8) is 0 Å². The van der Waals surface area contributed by atoms with E-state index in [2.05, 4.69) is 19.2 Å². The van der Waals surface area contributed by atoms with Gasteiger partial charge in [-0.1, -0.05) is 0 Å². The van der Waals surface area contributed by atoms with E-state index < -0.39 is 0 Å². The summed E-state index contributed by atoms with van der Waals surface area (Å²) in [4.78, 5) is 0. The third-order valence-corrected chi connectivity index (χ3v) is 1.68. The van der Waals surface area contributed by atoms with Crippen LogP contribution in [0.1, 0.15) is 20.3 Å². The summed E-state index contributed by atoms with van der Waals surface area (Å²) in [5, 5.41) is 3.36. The summed E-state index contributed by atoms with van der Waals surface area (Å²) in [5.74, 6) is 0. The molecule has 0 aliphatic rings. The van der Waals surface area contributed by atoms with Crippen molar-refractivity contribution < 1.29 is 4.74 Å². The maximum absolute atomic E-state index is 5.46. The van der Waals surface area contributed by atoms with E-state index in [9.17, 15) is 0 Å². The van der Waals surface area contributed by atoms with Crippen LogP contribution in [0.25, 0.3) is 0 Å². The van der Waals surface area contributed by atoms with Gasteiger partial charge in [-0.25, -0.2) is 0 Å². The Bertz CT molecular complexity index is 88.2. The lowest BCUT2D eigenvalue weighted by Crippen LogP contribution is -2.39. The van der Waals surface area contributed by atoms with Crippen LogP contribution in [0.4, 0.5) is 0 Å². The van der Waals surface area contributed by atoms with Crippen molar-refractivity contribution in [1.82, 2.24) is 5.32 Å². The van der Waals surface area contributed by atoms with Crippen molar-refractivity contribution in [3.05, 3.63) is 0 Å². The Morgan fingerprint density at radius 3 is 2.45 bits per heavy atom. The van der Waals surface area contributed by atoms with Gasteiger partial charge < -0.3 is 15.8 Å². The summed E-state index contributed by atoms with van der Waals surface area (Å²) in [5.41, 5.74) is 5.46. The minimum absolute atomic E-state index is 0.404. The van der Waals surface area contributed by atoms with Gasteiger partial charge in [-0.3, -0.25) is 0 Å². The molecule has 2 unspecified atom stereocenters. The molecular weight excluding hydrogens is 140 g/mol. The van der Waals surface area contributed by atoms with Crippen molar-refractivity contribution in [2.24, 2.45) is 5.73 Å². The number of hydrogen-bond donors (Lipinski definition) is 2. The Balaban J connectivity index is 3.27. The van der Waals surface area contributed by atoms with Gasteiger partial charge in [-0.05, 0) is 20.3 Å². The monoisotopic (exact) mass is 160 g/mol. The third kappa shape index (κ3) is 6.28. The quantitative estimate of drug-likeness (QED) is 0.589. The van der Waals surface area contributed by atoms with Crippen molar-refractivity contribution >= 4 is 0 Å². The highest BCUT2D eigenvalue weighted by Crippen LogP contribution is 1.92. The van der Waals surface area contributed by atoms with Crippen LogP contribution in [0, 0.1) is 0 Å². The number of nitrogens with two attached hydrogens (primary N) is 1. The largest absolute Gasteiger partial charge is 0.385 e. The fourth-order valence-corrected chi connectivity index (χ4v) is 0.932. The molecule has 0 aromatic heterocycles. The van der Waals surface area contributed by atoms with Crippen LogP contribution in [-0.2, 0) is 4.74 Å². The van der Waals surface area contributed by atoms with Gasteiger partial charge in [0.2, 0.25) is 0 Å². The second-order valence-electron chi connectivity index (χ2n) is 2.99. The molecule has 0 saturated heterocycles. The van der Waals surface area contributed by atoms with Crippen LogP contribution < -0.4 is 11.1 Å². The second kappa shape index (κ2) is 6.58. The highest BCUT2D eigenvalue weighted by Gasteiger charge is 2.04. The standard InChI is InChI=1S/C8H20N2O/c1-7(4-5-11-3)10-8(2)6-9/h7-8,10H,4-6,9H2,1-3H3. The van der Waals surface area contributed by atoms with Gasteiger partial charge in [0.05, 0.1) is 0 Å². The minimum atomic E-state index is 0.404. The Hall–Kier alpha value is -0.120. The Morgan fingerprint density at radius 2 is 2.00 bits per heavy atom. The van der Waals surface area contributed by atoms with Gasteiger partial charge in [-0.15, -0.1) is 0 Å². The average molecular weight is 160 g/mol. The van der Waals surface area contributed by atoms with Gasteiger partial charge in [0, 0.05) is 32.3 Å². The zero-order chi connectivity index (χ0) is 8.69. The molecule has 3 N–H and O–H groups in total. The van der Waals surface area contributed by atoms with Crippen LogP contribution in [0.2, 0.25) is 0 Å². The van der Waals surface area contributed by atoms with Crippen LogP contribution in [0.3, 0.4) is 0 Å². The number of hydrogen-bond acceptors (Lipinski definition) is 3. The molecule has 68 valence electrons. The summed E-state index contributed by atoms with van der Waals surface area (Å²) in [6, 6.07) is 0.898. The van der Waals surface area contributed by atoms with E-state index in [0.29, 0.717) is 18.6 Å². The lowest BCUT2D eigenvalue weighted by atomic mass is 10.2. The number of ether oxygens (including phenoxy) is 1. The predicted molar refractivity (Wildman–Crippen MR) is 47.6 cm³/mol. The highest BCUT2D eigenvalue weighted by atomic mass is 16.5. The molecule has 0 saturated carbocycles. The highest BCUT2D eigenvalue weighted by molar-refractivity contribution is 4.67. The van der Waals surface area contributed by atoms with Gasteiger partial charge in [0.15, 0.2) is 0 Å². The normalized spacial score (nSPS) is 16.4. The molecule has 0 spiro atoms. The number of nitrogens with one attached hydrogen (secondary N) is 1. The number of rotatable bonds is 6. The molecule has 0 fully saturated rings. The number of methoxy groups -OCH3 is 1. The van der Waals surface area contributed by atoms with Crippen LogP contribution in [0.5, 0.6) is 0 Å². The molecule has 0 amide bonds. The van der Waals surface area contributed by atoms with Crippen molar-refractivity contribution in [1.29, 1.82) is 0 Å². The summed E-state index contributed by atoms with van der Waals surface area (Å²) in [7, 11) is 1.72. The summed E-state index contributed by atoms with van der Waals surface area (Å²) in [6.07, 6.45) is 1.04. The average Bonchev–Trinajstić information content (AvgIpc) is 2.00. The molecule has 0 aromatic carbocycles. The van der Waals surface area contributed by atoms with E-state index in [1.54, 1.807) is 7.11 Å². The second-order valence-corrected chi connectivity index (χ2v) is 2.99. The van der Waals surface area contributed by atoms with Gasteiger partial charge in [0.1, 0.15) is 0 Å². The van der Waals surface area contributed by atoms with E-state index in [1.807, 2.05) is 0 Å². The van der Waals surface area contributed by atoms with Crippen molar-refractivity contribution in [3.8, 4) is 0 Å². The Kier molecular flexibility index (Phi) is 6.51. The molecule has 0 heterocycles. The van der Waals surface area contributed by atoms with E-state index in [0.717, 1.165) is 13.0 Å². The molecule has 0 rings (SSSR count). The molecule has 0 aliphatic heterocycles. The third-order valence-electron chi connectivity index (χ3n) is 1.68. The van der Waals surface area contributed by atoms with E-state index in [-0.39, 0.29) is 0 Å². The minimum Gasteiger partial charge on any atom is -0.385 e. The van der Waals surface area contributed by atoms with Crippen LogP contribution >= 0.6 is 0 Å². The lowest BCUT2D eigenvalue weighted by molar-refractivity contribution is 0.183. The topological polar surface area (TPSA) is 47.3 Å². The summed E-state index contributed by atoms with van der Waals surface area (Å²) in [6.45, 7) is 5.73. The molecule has 0 aromatic rings. The van der Waals surface area contributed by atoms with Gasteiger partial charge >= 0.3 is 0 Å². The Labute approximate surface area is 69.3 Å². The van der Waals surface area contributed by atoms with E-state index in [1.165, 1.54) is 0 Å². The van der Waals surface area contributed by atoms with Crippen LogP contribution in [-0.4, -0.2) is 32.3 Å².